The molecule has 132 valence electrons. The topological polar surface area (TPSA) is 45.2 Å². The second-order valence-electron chi connectivity index (χ2n) is 6.26. The average molecular weight is 345 g/mol. The molecule has 0 bridgehead atoms. The molecule has 26 heavy (non-hydrogen) atoms. The van der Waals surface area contributed by atoms with Gasteiger partial charge in [-0.3, -0.25) is 4.79 Å². The van der Waals surface area contributed by atoms with Gasteiger partial charge in [-0.05, 0) is 56.7 Å². The van der Waals surface area contributed by atoms with Crippen molar-refractivity contribution < 1.29 is 4.79 Å². The molecule has 1 amide bonds. The highest BCUT2D eigenvalue weighted by atomic mass is 16.2. The van der Waals surface area contributed by atoms with Gasteiger partial charge >= 0.3 is 0 Å². The zero-order chi connectivity index (χ0) is 18.5. The number of aromatic nitrogens is 1. The summed E-state index contributed by atoms with van der Waals surface area (Å²) < 4.78 is 0. The molecule has 1 N–H and O–H groups in total. The van der Waals surface area contributed by atoms with Crippen LogP contribution in [-0.2, 0) is 0 Å². The monoisotopic (exact) mass is 345 g/mol. The molecule has 4 nitrogen and oxygen atoms in total. The fraction of sp³-hybridized carbons (Fsp3) is 0.182. The lowest BCUT2D eigenvalue weighted by molar-refractivity contribution is 0.0983. The Labute approximate surface area is 154 Å². The van der Waals surface area contributed by atoms with Gasteiger partial charge in [0, 0.05) is 17.9 Å². The van der Waals surface area contributed by atoms with Crippen LogP contribution in [0.3, 0.4) is 0 Å². The Morgan fingerprint density at radius 3 is 2.42 bits per heavy atom. The standard InChI is InChI=1S/C22H23N3O/c1-4-25(19-8-6-5-7-9-19)22(26)21-13-11-18(15-23-21)24-20-12-10-16(2)14-17(20)3/h5-15,24H,4H2,1-3H3. The maximum atomic E-state index is 12.8. The minimum Gasteiger partial charge on any atom is -0.354 e. The average Bonchev–Trinajstić information content (AvgIpc) is 2.66. The Morgan fingerprint density at radius 2 is 1.81 bits per heavy atom. The maximum absolute atomic E-state index is 12.8. The van der Waals surface area contributed by atoms with Gasteiger partial charge in [0.15, 0.2) is 0 Å². The molecular weight excluding hydrogens is 322 g/mol. The Hall–Kier alpha value is -3.14. The van der Waals surface area contributed by atoms with Crippen molar-refractivity contribution in [2.75, 3.05) is 16.8 Å². The second-order valence-corrected chi connectivity index (χ2v) is 6.26. The van der Waals surface area contributed by atoms with E-state index in [4.69, 9.17) is 0 Å². The molecule has 0 fully saturated rings. The van der Waals surface area contributed by atoms with E-state index >= 15 is 0 Å². The molecule has 0 spiro atoms. The van der Waals surface area contributed by atoms with Crippen LogP contribution in [0.2, 0.25) is 0 Å². The molecule has 0 aliphatic rings. The van der Waals surface area contributed by atoms with Gasteiger partial charge in [0.2, 0.25) is 0 Å². The fourth-order valence-electron chi connectivity index (χ4n) is 2.89. The molecule has 0 unspecified atom stereocenters. The number of nitrogens with zero attached hydrogens (tertiary/aromatic N) is 2. The Kier molecular flexibility index (Phi) is 5.32. The van der Waals surface area contributed by atoms with E-state index in [1.54, 1.807) is 17.2 Å². The first-order chi connectivity index (χ1) is 12.6. The molecule has 1 aromatic heterocycles. The number of carbonyl (C=O) groups excluding carboxylic acids is 1. The van der Waals surface area contributed by atoms with Gasteiger partial charge < -0.3 is 10.2 Å². The first-order valence-corrected chi connectivity index (χ1v) is 8.75. The third-order valence-electron chi connectivity index (χ3n) is 4.27. The van der Waals surface area contributed by atoms with E-state index in [0.29, 0.717) is 12.2 Å². The van der Waals surface area contributed by atoms with Crippen molar-refractivity contribution in [1.82, 2.24) is 4.98 Å². The number of rotatable bonds is 5. The summed E-state index contributed by atoms with van der Waals surface area (Å²) in [7, 11) is 0. The molecular formula is C22H23N3O. The predicted molar refractivity (Wildman–Crippen MR) is 107 cm³/mol. The number of pyridine rings is 1. The van der Waals surface area contributed by atoms with Crippen molar-refractivity contribution in [3.8, 4) is 0 Å². The van der Waals surface area contributed by atoms with Crippen molar-refractivity contribution in [1.29, 1.82) is 0 Å². The van der Waals surface area contributed by atoms with E-state index in [0.717, 1.165) is 17.1 Å². The van der Waals surface area contributed by atoms with Gasteiger partial charge in [-0.25, -0.2) is 4.98 Å². The lowest BCUT2D eigenvalue weighted by Gasteiger charge is -2.20. The summed E-state index contributed by atoms with van der Waals surface area (Å²) in [6.07, 6.45) is 1.70. The van der Waals surface area contributed by atoms with Crippen LogP contribution >= 0.6 is 0 Å². The van der Waals surface area contributed by atoms with Gasteiger partial charge in [0.1, 0.15) is 5.69 Å². The van der Waals surface area contributed by atoms with Crippen LogP contribution in [0.25, 0.3) is 0 Å². The van der Waals surface area contributed by atoms with Crippen molar-refractivity contribution in [2.24, 2.45) is 0 Å². The molecule has 4 heteroatoms. The van der Waals surface area contributed by atoms with E-state index < -0.39 is 0 Å². The zero-order valence-corrected chi connectivity index (χ0v) is 15.4. The van der Waals surface area contributed by atoms with Crippen LogP contribution in [0.15, 0.2) is 66.9 Å². The molecule has 0 saturated heterocycles. The van der Waals surface area contributed by atoms with Crippen LogP contribution in [-0.4, -0.2) is 17.4 Å². The molecule has 0 atom stereocenters. The molecule has 3 rings (SSSR count). The first-order valence-electron chi connectivity index (χ1n) is 8.75. The number of amides is 1. The highest BCUT2D eigenvalue weighted by Gasteiger charge is 2.17. The third kappa shape index (κ3) is 3.91. The third-order valence-corrected chi connectivity index (χ3v) is 4.27. The van der Waals surface area contributed by atoms with Crippen LogP contribution in [0, 0.1) is 13.8 Å². The summed E-state index contributed by atoms with van der Waals surface area (Å²) in [4.78, 5) is 18.9. The van der Waals surface area contributed by atoms with Gasteiger partial charge in [0.05, 0.1) is 11.9 Å². The Morgan fingerprint density at radius 1 is 1.04 bits per heavy atom. The van der Waals surface area contributed by atoms with Crippen LogP contribution in [0.4, 0.5) is 17.1 Å². The van der Waals surface area contributed by atoms with Gasteiger partial charge in [0.25, 0.3) is 5.91 Å². The molecule has 0 aliphatic heterocycles. The number of hydrogen-bond acceptors (Lipinski definition) is 3. The van der Waals surface area contributed by atoms with E-state index in [-0.39, 0.29) is 5.91 Å². The quantitative estimate of drug-likeness (QED) is 0.699. The SMILES string of the molecule is CCN(C(=O)c1ccc(Nc2ccc(C)cc2C)cn1)c1ccccc1. The van der Waals surface area contributed by atoms with Crippen molar-refractivity contribution in [2.45, 2.75) is 20.8 Å². The van der Waals surface area contributed by atoms with Crippen LogP contribution in [0.1, 0.15) is 28.5 Å². The Balaban J connectivity index is 1.77. The number of hydrogen-bond donors (Lipinski definition) is 1. The Bertz CT molecular complexity index is 889. The predicted octanol–water partition coefficient (Wildman–Crippen LogP) is 5.11. The van der Waals surface area contributed by atoms with Gasteiger partial charge in [-0.15, -0.1) is 0 Å². The normalized spacial score (nSPS) is 10.4. The highest BCUT2D eigenvalue weighted by molar-refractivity contribution is 6.04. The van der Waals surface area contributed by atoms with Gasteiger partial charge in [-0.1, -0.05) is 35.9 Å². The number of para-hydroxylation sites is 1. The number of carbonyl (C=O) groups is 1. The van der Waals surface area contributed by atoms with E-state index in [1.165, 1.54) is 11.1 Å². The summed E-state index contributed by atoms with van der Waals surface area (Å²) in [5.74, 6) is -0.100. The van der Waals surface area contributed by atoms with Gasteiger partial charge in [-0.2, -0.15) is 0 Å². The summed E-state index contributed by atoms with van der Waals surface area (Å²) in [5.41, 5.74) is 5.60. The minimum absolute atomic E-state index is 0.100. The summed E-state index contributed by atoms with van der Waals surface area (Å²) in [5, 5.41) is 3.35. The molecule has 0 aliphatic carbocycles. The smallest absolute Gasteiger partial charge is 0.276 e. The summed E-state index contributed by atoms with van der Waals surface area (Å²) in [6, 6.07) is 19.6. The van der Waals surface area contributed by atoms with Crippen LogP contribution in [0.5, 0.6) is 0 Å². The van der Waals surface area contributed by atoms with Crippen molar-refractivity contribution in [3.05, 3.63) is 83.7 Å². The number of nitrogens with one attached hydrogen (secondary N) is 1. The van der Waals surface area contributed by atoms with Crippen LogP contribution < -0.4 is 10.2 Å². The zero-order valence-electron chi connectivity index (χ0n) is 15.4. The van der Waals surface area contributed by atoms with E-state index in [1.807, 2.05) is 43.3 Å². The number of aryl methyl sites for hydroxylation is 2. The van der Waals surface area contributed by atoms with Crippen molar-refractivity contribution >= 4 is 23.0 Å². The number of anilines is 3. The molecule has 0 saturated carbocycles. The lowest BCUT2D eigenvalue weighted by atomic mass is 10.1. The lowest BCUT2D eigenvalue weighted by Crippen LogP contribution is -2.31. The second kappa shape index (κ2) is 7.83. The van der Waals surface area contributed by atoms with E-state index in [2.05, 4.69) is 42.3 Å². The first kappa shape index (κ1) is 17.7. The molecule has 1 heterocycles. The molecule has 3 aromatic rings. The minimum atomic E-state index is -0.100. The fourth-order valence-corrected chi connectivity index (χ4v) is 2.89. The maximum Gasteiger partial charge on any atom is 0.276 e. The largest absolute Gasteiger partial charge is 0.354 e. The molecule has 2 aromatic carbocycles. The van der Waals surface area contributed by atoms with E-state index in [9.17, 15) is 4.79 Å². The molecule has 0 radical (unpaired) electrons. The highest BCUT2D eigenvalue weighted by Crippen LogP contribution is 2.22. The number of benzene rings is 2. The summed E-state index contributed by atoms with van der Waals surface area (Å²) >= 11 is 0. The van der Waals surface area contributed by atoms with Crippen molar-refractivity contribution in [3.63, 3.8) is 0 Å². The summed E-state index contributed by atoms with van der Waals surface area (Å²) in [6.45, 7) is 6.69.